The molecule has 2 nitrogen and oxygen atoms in total. The summed E-state index contributed by atoms with van der Waals surface area (Å²) < 4.78 is 0. The molecule has 1 aromatic carbocycles. The van der Waals surface area contributed by atoms with Crippen LogP contribution < -0.4 is 5.32 Å². The number of hydrogen-bond donors (Lipinski definition) is 1. The Morgan fingerprint density at radius 3 is 2.65 bits per heavy atom. The molecule has 1 aromatic rings. The summed E-state index contributed by atoms with van der Waals surface area (Å²) in [6.45, 7) is 7.15. The zero-order valence-corrected chi connectivity index (χ0v) is 11.2. The van der Waals surface area contributed by atoms with Crippen LogP contribution in [0.2, 0.25) is 0 Å². The summed E-state index contributed by atoms with van der Waals surface area (Å²) in [7, 11) is 0. The van der Waals surface area contributed by atoms with Crippen LogP contribution in [0.4, 0.5) is 0 Å². The third-order valence-corrected chi connectivity index (χ3v) is 3.06. The molecule has 0 aliphatic rings. The van der Waals surface area contributed by atoms with Crippen LogP contribution in [0.15, 0.2) is 18.2 Å². The van der Waals surface area contributed by atoms with Crippen LogP contribution >= 0.6 is 0 Å². The quantitative estimate of drug-likeness (QED) is 0.751. The van der Waals surface area contributed by atoms with E-state index in [0.29, 0.717) is 6.42 Å². The van der Waals surface area contributed by atoms with Crippen LogP contribution in [0.5, 0.6) is 0 Å². The lowest BCUT2D eigenvalue weighted by molar-refractivity contribution is -0.121. The number of carbonyl (C=O) groups is 1. The van der Waals surface area contributed by atoms with Crippen molar-refractivity contribution >= 4 is 5.91 Å². The van der Waals surface area contributed by atoms with Gasteiger partial charge in [0.15, 0.2) is 0 Å². The molecule has 0 spiro atoms. The van der Waals surface area contributed by atoms with Crippen molar-refractivity contribution in [1.82, 2.24) is 5.32 Å². The molecule has 2 heteroatoms. The van der Waals surface area contributed by atoms with Crippen molar-refractivity contribution in [3.8, 4) is 0 Å². The largest absolute Gasteiger partial charge is 0.356 e. The Kier molecular flexibility index (Phi) is 5.75. The summed E-state index contributed by atoms with van der Waals surface area (Å²) in [5, 5.41) is 2.94. The van der Waals surface area contributed by atoms with Gasteiger partial charge in [-0.15, -0.1) is 0 Å². The van der Waals surface area contributed by atoms with E-state index >= 15 is 0 Å². The molecule has 1 amide bonds. The predicted molar refractivity (Wildman–Crippen MR) is 72.2 cm³/mol. The number of unbranched alkanes of at least 4 members (excludes halogenated alkanes) is 1. The van der Waals surface area contributed by atoms with Crippen LogP contribution in [0, 0.1) is 13.8 Å². The summed E-state index contributed by atoms with van der Waals surface area (Å²) >= 11 is 0. The Morgan fingerprint density at radius 2 is 2.00 bits per heavy atom. The number of amides is 1. The molecule has 0 radical (unpaired) electrons. The topological polar surface area (TPSA) is 29.1 Å². The van der Waals surface area contributed by atoms with E-state index in [1.165, 1.54) is 16.7 Å². The molecule has 0 saturated carbocycles. The van der Waals surface area contributed by atoms with E-state index in [1.807, 2.05) is 0 Å². The normalized spacial score (nSPS) is 10.3. The van der Waals surface area contributed by atoms with Gasteiger partial charge in [-0.25, -0.2) is 0 Å². The first-order valence-corrected chi connectivity index (χ1v) is 6.46. The highest BCUT2D eigenvalue weighted by Crippen LogP contribution is 2.11. The first-order valence-electron chi connectivity index (χ1n) is 6.46. The fourth-order valence-corrected chi connectivity index (χ4v) is 1.71. The minimum absolute atomic E-state index is 0.164. The lowest BCUT2D eigenvalue weighted by Gasteiger charge is -2.06. The average Bonchev–Trinajstić information content (AvgIpc) is 2.31. The van der Waals surface area contributed by atoms with E-state index in [1.54, 1.807) is 0 Å². The lowest BCUT2D eigenvalue weighted by Crippen LogP contribution is -2.24. The van der Waals surface area contributed by atoms with Gasteiger partial charge in [0.1, 0.15) is 0 Å². The maximum absolute atomic E-state index is 11.5. The van der Waals surface area contributed by atoms with Crippen molar-refractivity contribution in [2.75, 3.05) is 6.54 Å². The molecule has 0 aliphatic carbocycles. The first kappa shape index (κ1) is 13.8. The van der Waals surface area contributed by atoms with E-state index < -0.39 is 0 Å². The van der Waals surface area contributed by atoms with E-state index in [0.717, 1.165) is 25.8 Å². The Bertz CT molecular complexity index is 371. The summed E-state index contributed by atoms with van der Waals surface area (Å²) in [5.74, 6) is 0.164. The van der Waals surface area contributed by atoms with E-state index in [2.05, 4.69) is 44.3 Å². The highest BCUT2D eigenvalue weighted by molar-refractivity contribution is 5.76. The SMILES string of the molecule is CCCCNC(=O)CCc1ccc(C)c(C)c1. The summed E-state index contributed by atoms with van der Waals surface area (Å²) in [4.78, 5) is 11.5. The van der Waals surface area contributed by atoms with Crippen molar-refractivity contribution < 1.29 is 4.79 Å². The van der Waals surface area contributed by atoms with E-state index in [4.69, 9.17) is 0 Å². The molecule has 0 unspecified atom stereocenters. The van der Waals surface area contributed by atoms with Crippen LogP contribution in [-0.4, -0.2) is 12.5 Å². The standard InChI is InChI=1S/C15H23NO/c1-4-5-10-16-15(17)9-8-14-7-6-12(2)13(3)11-14/h6-7,11H,4-5,8-10H2,1-3H3,(H,16,17). The van der Waals surface area contributed by atoms with Gasteiger partial charge in [0, 0.05) is 13.0 Å². The Hall–Kier alpha value is -1.31. The van der Waals surface area contributed by atoms with Gasteiger partial charge in [-0.05, 0) is 43.4 Å². The summed E-state index contributed by atoms with van der Waals surface area (Å²) in [6.07, 6.45) is 3.61. The molecule has 0 atom stereocenters. The molecule has 0 aliphatic heterocycles. The summed E-state index contributed by atoms with van der Waals surface area (Å²) in [5.41, 5.74) is 3.86. The fraction of sp³-hybridized carbons (Fsp3) is 0.533. The molecule has 17 heavy (non-hydrogen) atoms. The molecular weight excluding hydrogens is 210 g/mol. The Balaban J connectivity index is 2.34. The molecule has 0 bridgehead atoms. The zero-order valence-electron chi connectivity index (χ0n) is 11.2. The lowest BCUT2D eigenvalue weighted by atomic mass is 10.0. The van der Waals surface area contributed by atoms with Crippen molar-refractivity contribution in [1.29, 1.82) is 0 Å². The predicted octanol–water partition coefficient (Wildman–Crippen LogP) is 3.15. The van der Waals surface area contributed by atoms with Gasteiger partial charge in [-0.2, -0.15) is 0 Å². The van der Waals surface area contributed by atoms with Crippen LogP contribution in [-0.2, 0) is 11.2 Å². The first-order chi connectivity index (χ1) is 8.13. The molecule has 1 rings (SSSR count). The number of benzene rings is 1. The number of rotatable bonds is 6. The molecule has 0 heterocycles. The smallest absolute Gasteiger partial charge is 0.220 e. The number of nitrogens with one attached hydrogen (secondary N) is 1. The van der Waals surface area contributed by atoms with Crippen molar-refractivity contribution in [2.45, 2.75) is 46.5 Å². The van der Waals surface area contributed by atoms with E-state index in [-0.39, 0.29) is 5.91 Å². The van der Waals surface area contributed by atoms with Gasteiger partial charge in [0.05, 0.1) is 0 Å². The van der Waals surface area contributed by atoms with Gasteiger partial charge >= 0.3 is 0 Å². The fourth-order valence-electron chi connectivity index (χ4n) is 1.71. The molecule has 1 N–H and O–H groups in total. The molecule has 94 valence electrons. The maximum atomic E-state index is 11.5. The number of aryl methyl sites for hydroxylation is 3. The minimum atomic E-state index is 0.164. The Morgan fingerprint density at radius 1 is 1.24 bits per heavy atom. The second kappa shape index (κ2) is 7.10. The van der Waals surface area contributed by atoms with Crippen LogP contribution in [0.25, 0.3) is 0 Å². The second-order valence-electron chi connectivity index (χ2n) is 4.62. The third-order valence-electron chi connectivity index (χ3n) is 3.06. The van der Waals surface area contributed by atoms with Crippen molar-refractivity contribution in [3.05, 3.63) is 34.9 Å². The Labute approximate surface area is 104 Å². The second-order valence-corrected chi connectivity index (χ2v) is 4.62. The number of carbonyl (C=O) groups excluding carboxylic acids is 1. The maximum Gasteiger partial charge on any atom is 0.220 e. The van der Waals surface area contributed by atoms with Crippen molar-refractivity contribution in [3.63, 3.8) is 0 Å². The molecule has 0 aromatic heterocycles. The van der Waals surface area contributed by atoms with Crippen molar-refractivity contribution in [2.24, 2.45) is 0 Å². The van der Waals surface area contributed by atoms with Gasteiger partial charge in [0.25, 0.3) is 0 Å². The van der Waals surface area contributed by atoms with Gasteiger partial charge in [-0.1, -0.05) is 31.5 Å². The summed E-state index contributed by atoms with van der Waals surface area (Å²) in [6, 6.07) is 6.41. The van der Waals surface area contributed by atoms with Crippen LogP contribution in [0.1, 0.15) is 42.9 Å². The molecule has 0 saturated heterocycles. The highest BCUT2D eigenvalue weighted by Gasteiger charge is 2.02. The van der Waals surface area contributed by atoms with Gasteiger partial charge in [0.2, 0.25) is 5.91 Å². The molecule has 0 fully saturated rings. The third kappa shape index (κ3) is 5.03. The average molecular weight is 233 g/mol. The van der Waals surface area contributed by atoms with Gasteiger partial charge < -0.3 is 5.32 Å². The monoisotopic (exact) mass is 233 g/mol. The molecular formula is C15H23NO. The number of hydrogen-bond acceptors (Lipinski definition) is 1. The minimum Gasteiger partial charge on any atom is -0.356 e. The highest BCUT2D eigenvalue weighted by atomic mass is 16.1. The van der Waals surface area contributed by atoms with Gasteiger partial charge in [-0.3, -0.25) is 4.79 Å². The zero-order chi connectivity index (χ0) is 12.7. The van der Waals surface area contributed by atoms with E-state index in [9.17, 15) is 4.79 Å². The van der Waals surface area contributed by atoms with Crippen LogP contribution in [0.3, 0.4) is 0 Å².